The number of H-pyrrole nitrogens is 2. The highest BCUT2D eigenvalue weighted by Gasteiger charge is 2.19. The van der Waals surface area contributed by atoms with Gasteiger partial charge in [0.05, 0.1) is 5.56 Å². The molecule has 0 atom stereocenters. The second-order valence-electron chi connectivity index (χ2n) is 3.39. The van der Waals surface area contributed by atoms with Crippen LogP contribution in [0.1, 0.15) is 33.5 Å². The van der Waals surface area contributed by atoms with Gasteiger partial charge in [-0.15, -0.1) is 11.3 Å². The van der Waals surface area contributed by atoms with Crippen LogP contribution in [0, 0.1) is 11.3 Å². The van der Waals surface area contributed by atoms with Crippen LogP contribution in [-0.4, -0.2) is 15.8 Å². The third kappa shape index (κ3) is 1.92. The summed E-state index contributed by atoms with van der Waals surface area (Å²) in [5, 5.41) is 10.5. The summed E-state index contributed by atoms with van der Waals surface area (Å²) in [6.07, 6.45) is 0.547. The van der Waals surface area contributed by atoms with E-state index >= 15 is 0 Å². The number of nitriles is 1. The van der Waals surface area contributed by atoms with Crippen molar-refractivity contribution in [1.82, 2.24) is 9.97 Å². The molecule has 0 aliphatic heterocycles. The summed E-state index contributed by atoms with van der Waals surface area (Å²) in [7, 11) is 0. The molecule has 17 heavy (non-hydrogen) atoms. The molecule has 0 aliphatic rings. The Labute approximate surface area is 101 Å². The minimum atomic E-state index is -0.404. The zero-order valence-electron chi connectivity index (χ0n) is 9.03. The van der Waals surface area contributed by atoms with E-state index in [0.717, 1.165) is 0 Å². The molecule has 0 unspecified atom stereocenters. The number of carbonyl (C=O) groups is 1. The van der Waals surface area contributed by atoms with Crippen LogP contribution in [-0.2, 0) is 6.42 Å². The first-order valence-electron chi connectivity index (χ1n) is 5.00. The second kappa shape index (κ2) is 4.39. The highest BCUT2D eigenvalue weighted by Crippen LogP contribution is 2.19. The van der Waals surface area contributed by atoms with Crippen LogP contribution in [0.25, 0.3) is 0 Å². The molecule has 2 rings (SSSR count). The topological polar surface area (TPSA) is 89.5 Å². The molecule has 0 aliphatic carbocycles. The van der Waals surface area contributed by atoms with Crippen molar-refractivity contribution in [2.45, 2.75) is 13.3 Å². The summed E-state index contributed by atoms with van der Waals surface area (Å²) in [6, 6.07) is 3.56. The van der Waals surface area contributed by atoms with Crippen LogP contribution in [0.3, 0.4) is 0 Å². The number of ketones is 1. The first-order valence-corrected chi connectivity index (χ1v) is 5.88. The lowest BCUT2D eigenvalue weighted by Crippen LogP contribution is -2.07. The third-order valence-electron chi connectivity index (χ3n) is 2.40. The molecule has 0 fully saturated rings. The number of hydrogen-bond donors (Lipinski definition) is 2. The SMILES string of the molecule is CCc1[nH]c(=O)[nH]c1C(=O)c1ccsc1C#N. The Morgan fingerprint density at radius 2 is 2.29 bits per heavy atom. The van der Waals surface area contributed by atoms with Crippen LogP contribution in [0.5, 0.6) is 0 Å². The van der Waals surface area contributed by atoms with Crippen LogP contribution in [0.15, 0.2) is 16.2 Å². The van der Waals surface area contributed by atoms with Gasteiger partial charge in [0.15, 0.2) is 0 Å². The maximum atomic E-state index is 12.1. The molecule has 0 radical (unpaired) electrons. The molecule has 86 valence electrons. The summed E-state index contributed by atoms with van der Waals surface area (Å²) in [4.78, 5) is 28.7. The molecule has 6 heteroatoms. The van der Waals surface area contributed by atoms with E-state index < -0.39 is 5.69 Å². The van der Waals surface area contributed by atoms with Crippen molar-refractivity contribution in [3.8, 4) is 6.07 Å². The lowest BCUT2D eigenvalue weighted by molar-refractivity contribution is 0.103. The van der Waals surface area contributed by atoms with Crippen molar-refractivity contribution >= 4 is 17.1 Å². The van der Waals surface area contributed by atoms with Gasteiger partial charge in [-0.2, -0.15) is 5.26 Å². The lowest BCUT2D eigenvalue weighted by atomic mass is 10.1. The van der Waals surface area contributed by atoms with Crippen LogP contribution in [0.4, 0.5) is 0 Å². The Hall–Kier alpha value is -2.13. The van der Waals surface area contributed by atoms with Gasteiger partial charge in [-0.25, -0.2) is 4.79 Å². The minimum absolute atomic E-state index is 0.243. The average molecular weight is 247 g/mol. The summed E-state index contributed by atoms with van der Waals surface area (Å²) < 4.78 is 0. The molecule has 0 bridgehead atoms. The van der Waals surface area contributed by atoms with E-state index in [1.165, 1.54) is 11.3 Å². The van der Waals surface area contributed by atoms with Gasteiger partial charge in [0.2, 0.25) is 5.78 Å². The van der Waals surface area contributed by atoms with E-state index in [1.807, 2.05) is 13.0 Å². The maximum Gasteiger partial charge on any atom is 0.323 e. The van der Waals surface area contributed by atoms with Gasteiger partial charge < -0.3 is 9.97 Å². The Balaban J connectivity index is 2.51. The maximum absolute atomic E-state index is 12.1. The predicted molar refractivity (Wildman–Crippen MR) is 63.3 cm³/mol. The lowest BCUT2D eigenvalue weighted by Gasteiger charge is -1.98. The van der Waals surface area contributed by atoms with Crippen molar-refractivity contribution in [2.24, 2.45) is 0 Å². The van der Waals surface area contributed by atoms with Crippen LogP contribution >= 0.6 is 11.3 Å². The fourth-order valence-corrected chi connectivity index (χ4v) is 2.27. The van der Waals surface area contributed by atoms with E-state index in [9.17, 15) is 9.59 Å². The van der Waals surface area contributed by atoms with Crippen molar-refractivity contribution < 1.29 is 4.79 Å². The molecule has 5 nitrogen and oxygen atoms in total. The Kier molecular flexibility index (Phi) is 2.93. The van der Waals surface area contributed by atoms with Crippen molar-refractivity contribution in [3.63, 3.8) is 0 Å². The number of nitrogens with zero attached hydrogens (tertiary/aromatic N) is 1. The number of hydrogen-bond acceptors (Lipinski definition) is 4. The third-order valence-corrected chi connectivity index (χ3v) is 3.22. The molecular formula is C11H9N3O2S. The molecule has 2 N–H and O–H groups in total. The molecule has 0 saturated carbocycles. The van der Waals surface area contributed by atoms with Gasteiger partial charge in [0, 0.05) is 5.69 Å². The number of aryl methyl sites for hydroxylation is 1. The smallest absolute Gasteiger partial charge is 0.309 e. The first kappa shape index (κ1) is 11.4. The number of aromatic nitrogens is 2. The number of carbonyl (C=O) groups excluding carboxylic acids is 1. The van der Waals surface area contributed by atoms with Gasteiger partial charge in [-0.05, 0) is 17.9 Å². The number of nitrogens with one attached hydrogen (secondary N) is 2. The van der Waals surface area contributed by atoms with Crippen molar-refractivity contribution in [1.29, 1.82) is 5.26 Å². The van der Waals surface area contributed by atoms with Gasteiger partial charge >= 0.3 is 5.69 Å². The average Bonchev–Trinajstić information content (AvgIpc) is 2.93. The molecule has 0 amide bonds. The Morgan fingerprint density at radius 1 is 1.53 bits per heavy atom. The number of thiophene rings is 1. The Bertz CT molecular complexity index is 657. The fraction of sp³-hybridized carbons (Fsp3) is 0.182. The van der Waals surface area contributed by atoms with E-state index in [4.69, 9.17) is 5.26 Å². The van der Waals surface area contributed by atoms with E-state index in [-0.39, 0.29) is 11.5 Å². The van der Waals surface area contributed by atoms with Crippen LogP contribution < -0.4 is 5.69 Å². The highest BCUT2D eigenvalue weighted by atomic mass is 32.1. The summed E-state index contributed by atoms with van der Waals surface area (Å²) in [5.41, 5.74) is 0.740. The largest absolute Gasteiger partial charge is 0.323 e. The quantitative estimate of drug-likeness (QED) is 0.804. The van der Waals surface area contributed by atoms with Crippen molar-refractivity contribution in [3.05, 3.63) is 43.8 Å². The number of imidazole rings is 1. The highest BCUT2D eigenvalue weighted by molar-refractivity contribution is 7.10. The summed E-state index contributed by atoms with van der Waals surface area (Å²) in [6.45, 7) is 1.84. The standard InChI is InChI=1S/C11H9N3O2S/c1-2-7-9(14-11(16)13-7)10(15)6-3-4-17-8(6)5-12/h3-4H,2H2,1H3,(H2,13,14,16). The minimum Gasteiger partial charge on any atom is -0.309 e. The van der Waals surface area contributed by atoms with Gasteiger partial charge in [0.1, 0.15) is 16.6 Å². The monoisotopic (exact) mass is 247 g/mol. The zero-order valence-corrected chi connectivity index (χ0v) is 9.85. The van der Waals surface area contributed by atoms with E-state index in [0.29, 0.717) is 22.6 Å². The molecule has 0 saturated heterocycles. The van der Waals surface area contributed by atoms with Gasteiger partial charge in [-0.3, -0.25) is 4.79 Å². The molecule has 2 aromatic heterocycles. The molecule has 2 heterocycles. The van der Waals surface area contributed by atoms with E-state index in [1.54, 1.807) is 11.4 Å². The molecule has 0 spiro atoms. The van der Waals surface area contributed by atoms with Crippen LogP contribution in [0.2, 0.25) is 0 Å². The molecular weight excluding hydrogens is 238 g/mol. The number of aromatic amines is 2. The van der Waals surface area contributed by atoms with Gasteiger partial charge in [-0.1, -0.05) is 6.92 Å². The molecule has 0 aromatic carbocycles. The normalized spacial score (nSPS) is 10.1. The summed E-state index contributed by atoms with van der Waals surface area (Å²) >= 11 is 1.21. The zero-order chi connectivity index (χ0) is 12.4. The Morgan fingerprint density at radius 3 is 2.94 bits per heavy atom. The van der Waals surface area contributed by atoms with E-state index in [2.05, 4.69) is 9.97 Å². The first-order chi connectivity index (χ1) is 8.17. The number of rotatable bonds is 3. The fourth-order valence-electron chi connectivity index (χ4n) is 1.59. The summed E-state index contributed by atoms with van der Waals surface area (Å²) in [5.74, 6) is -0.321. The van der Waals surface area contributed by atoms with Crippen molar-refractivity contribution in [2.75, 3.05) is 0 Å². The second-order valence-corrected chi connectivity index (χ2v) is 4.31. The predicted octanol–water partition coefficient (Wildman–Crippen LogP) is 1.43. The van der Waals surface area contributed by atoms with Gasteiger partial charge in [0.25, 0.3) is 0 Å². The molecule has 2 aromatic rings.